The molecule has 2 aromatic carbocycles. The van der Waals surface area contributed by atoms with Gasteiger partial charge in [0, 0.05) is 9.50 Å². The van der Waals surface area contributed by atoms with Gasteiger partial charge in [-0.3, -0.25) is 11.3 Å². The number of hydrogen-bond acceptors (Lipinski definition) is 2. The van der Waals surface area contributed by atoms with Gasteiger partial charge in [-0.1, -0.05) is 45.7 Å². The van der Waals surface area contributed by atoms with E-state index >= 15 is 0 Å². The first-order chi connectivity index (χ1) is 9.10. The fraction of sp³-hybridized carbons (Fsp3) is 0.200. The van der Waals surface area contributed by atoms with Gasteiger partial charge in [-0.2, -0.15) is 0 Å². The number of halogens is 2. The lowest BCUT2D eigenvalue weighted by Crippen LogP contribution is -2.30. The summed E-state index contributed by atoms with van der Waals surface area (Å²) in [5.74, 6) is 5.71. The van der Waals surface area contributed by atoms with E-state index < -0.39 is 0 Å². The Morgan fingerprint density at radius 2 is 2.05 bits per heavy atom. The summed E-state index contributed by atoms with van der Waals surface area (Å²) in [6.45, 7) is 2.09. The highest BCUT2D eigenvalue weighted by Crippen LogP contribution is 2.25. The number of rotatable bonds is 4. The lowest BCUT2D eigenvalue weighted by atomic mass is 9.96. The second kappa shape index (κ2) is 6.53. The first kappa shape index (κ1) is 14.5. The number of aryl methyl sites for hydroxylation is 1. The summed E-state index contributed by atoms with van der Waals surface area (Å²) >= 11 is 9.52. The molecule has 0 bridgehead atoms. The Labute approximate surface area is 127 Å². The van der Waals surface area contributed by atoms with Crippen molar-refractivity contribution in [1.82, 2.24) is 5.43 Å². The summed E-state index contributed by atoms with van der Waals surface area (Å²) in [7, 11) is 0. The van der Waals surface area contributed by atoms with Crippen LogP contribution in [0.5, 0.6) is 0 Å². The smallest absolute Gasteiger partial charge is 0.0503 e. The Morgan fingerprint density at radius 3 is 2.74 bits per heavy atom. The van der Waals surface area contributed by atoms with Gasteiger partial charge < -0.3 is 0 Å². The average molecular weight is 340 g/mol. The molecular formula is C15H16BrClN2. The van der Waals surface area contributed by atoms with E-state index in [-0.39, 0.29) is 6.04 Å². The topological polar surface area (TPSA) is 38.0 Å². The van der Waals surface area contributed by atoms with E-state index in [1.165, 1.54) is 11.1 Å². The van der Waals surface area contributed by atoms with Gasteiger partial charge in [-0.05, 0) is 54.3 Å². The normalized spacial score (nSPS) is 12.4. The molecule has 0 heterocycles. The van der Waals surface area contributed by atoms with E-state index in [0.717, 1.165) is 21.5 Å². The van der Waals surface area contributed by atoms with Crippen LogP contribution in [0.25, 0.3) is 0 Å². The highest BCUT2D eigenvalue weighted by Gasteiger charge is 2.13. The standard InChI is InChI=1S/C15H16BrClN2/c1-10-5-6-12(16)9-14(10)15(19-18)8-11-3-2-4-13(17)7-11/h2-7,9,15,19H,8,18H2,1H3. The van der Waals surface area contributed by atoms with Crippen molar-refractivity contribution in [2.24, 2.45) is 5.84 Å². The van der Waals surface area contributed by atoms with Gasteiger partial charge in [0.2, 0.25) is 0 Å². The van der Waals surface area contributed by atoms with E-state index in [9.17, 15) is 0 Å². The molecule has 4 heteroatoms. The van der Waals surface area contributed by atoms with E-state index in [1.54, 1.807) is 0 Å². The summed E-state index contributed by atoms with van der Waals surface area (Å²) in [5, 5.41) is 0.749. The molecule has 0 spiro atoms. The van der Waals surface area contributed by atoms with Gasteiger partial charge >= 0.3 is 0 Å². The van der Waals surface area contributed by atoms with Crippen molar-refractivity contribution in [3.63, 3.8) is 0 Å². The zero-order valence-electron chi connectivity index (χ0n) is 10.7. The molecule has 100 valence electrons. The fourth-order valence-electron chi connectivity index (χ4n) is 2.15. The van der Waals surface area contributed by atoms with Crippen molar-refractivity contribution < 1.29 is 0 Å². The molecule has 0 radical (unpaired) electrons. The Morgan fingerprint density at radius 1 is 1.26 bits per heavy atom. The summed E-state index contributed by atoms with van der Waals surface area (Å²) in [4.78, 5) is 0. The maximum Gasteiger partial charge on any atom is 0.0503 e. The van der Waals surface area contributed by atoms with Crippen LogP contribution < -0.4 is 11.3 Å². The quantitative estimate of drug-likeness (QED) is 0.648. The van der Waals surface area contributed by atoms with E-state index in [1.807, 2.05) is 24.3 Å². The Bertz CT molecular complexity index is 572. The molecule has 0 fully saturated rings. The SMILES string of the molecule is Cc1ccc(Br)cc1C(Cc1cccc(Cl)c1)NN. The molecule has 0 saturated carbocycles. The molecule has 0 aliphatic heterocycles. The van der Waals surface area contributed by atoms with Gasteiger partial charge in [0.25, 0.3) is 0 Å². The van der Waals surface area contributed by atoms with Crippen LogP contribution in [-0.4, -0.2) is 0 Å². The molecule has 0 saturated heterocycles. The van der Waals surface area contributed by atoms with E-state index in [2.05, 4.69) is 46.5 Å². The predicted octanol–water partition coefficient (Wildman–Crippen LogP) is 4.16. The van der Waals surface area contributed by atoms with Crippen LogP contribution in [0.4, 0.5) is 0 Å². The number of hydrazine groups is 1. The molecule has 0 aromatic heterocycles. The minimum atomic E-state index is 0.0657. The van der Waals surface area contributed by atoms with Gasteiger partial charge in [-0.15, -0.1) is 0 Å². The second-order valence-corrected chi connectivity index (χ2v) is 5.91. The zero-order valence-corrected chi connectivity index (χ0v) is 13.0. The lowest BCUT2D eigenvalue weighted by Gasteiger charge is -2.19. The third-order valence-corrected chi connectivity index (χ3v) is 3.88. The van der Waals surface area contributed by atoms with Crippen LogP contribution in [0, 0.1) is 6.92 Å². The maximum atomic E-state index is 6.01. The maximum absolute atomic E-state index is 6.01. The number of nitrogens with one attached hydrogen (secondary N) is 1. The molecule has 19 heavy (non-hydrogen) atoms. The number of nitrogens with two attached hydrogens (primary N) is 1. The van der Waals surface area contributed by atoms with Crippen molar-refractivity contribution in [2.45, 2.75) is 19.4 Å². The lowest BCUT2D eigenvalue weighted by molar-refractivity contribution is 0.549. The first-order valence-electron chi connectivity index (χ1n) is 6.07. The molecule has 0 aliphatic carbocycles. The highest BCUT2D eigenvalue weighted by atomic mass is 79.9. The predicted molar refractivity (Wildman–Crippen MR) is 84.1 cm³/mol. The van der Waals surface area contributed by atoms with E-state index in [4.69, 9.17) is 17.4 Å². The summed E-state index contributed by atoms with van der Waals surface area (Å²) in [5.41, 5.74) is 6.46. The summed E-state index contributed by atoms with van der Waals surface area (Å²) < 4.78 is 1.06. The van der Waals surface area contributed by atoms with Gasteiger partial charge in [0.05, 0.1) is 6.04 Å². The zero-order chi connectivity index (χ0) is 13.8. The van der Waals surface area contributed by atoms with Crippen LogP contribution in [-0.2, 0) is 6.42 Å². The fourth-order valence-corrected chi connectivity index (χ4v) is 2.74. The molecule has 0 aliphatic rings. The van der Waals surface area contributed by atoms with Gasteiger partial charge in [0.1, 0.15) is 0 Å². The minimum absolute atomic E-state index is 0.0657. The van der Waals surface area contributed by atoms with Crippen molar-refractivity contribution in [1.29, 1.82) is 0 Å². The highest BCUT2D eigenvalue weighted by molar-refractivity contribution is 9.10. The van der Waals surface area contributed by atoms with Crippen molar-refractivity contribution in [3.8, 4) is 0 Å². The third kappa shape index (κ3) is 3.80. The van der Waals surface area contributed by atoms with Crippen LogP contribution in [0.1, 0.15) is 22.7 Å². The Balaban J connectivity index is 2.27. The van der Waals surface area contributed by atoms with Crippen molar-refractivity contribution in [3.05, 3.63) is 68.7 Å². The molecule has 1 unspecified atom stereocenters. The van der Waals surface area contributed by atoms with Gasteiger partial charge in [0.15, 0.2) is 0 Å². The van der Waals surface area contributed by atoms with Crippen LogP contribution in [0.3, 0.4) is 0 Å². The third-order valence-electron chi connectivity index (χ3n) is 3.15. The molecule has 2 rings (SSSR count). The summed E-state index contributed by atoms with van der Waals surface area (Å²) in [6, 6.07) is 14.1. The minimum Gasteiger partial charge on any atom is -0.271 e. The number of benzene rings is 2. The molecule has 0 amide bonds. The molecule has 2 nitrogen and oxygen atoms in total. The Hall–Kier alpha value is -0.870. The monoisotopic (exact) mass is 338 g/mol. The average Bonchev–Trinajstić information content (AvgIpc) is 2.39. The van der Waals surface area contributed by atoms with Crippen LogP contribution >= 0.6 is 27.5 Å². The van der Waals surface area contributed by atoms with Crippen molar-refractivity contribution in [2.75, 3.05) is 0 Å². The largest absolute Gasteiger partial charge is 0.271 e. The van der Waals surface area contributed by atoms with E-state index in [0.29, 0.717) is 0 Å². The second-order valence-electron chi connectivity index (χ2n) is 4.55. The van der Waals surface area contributed by atoms with Crippen LogP contribution in [0.2, 0.25) is 5.02 Å². The Kier molecular flexibility index (Phi) is 4.99. The number of hydrogen-bond donors (Lipinski definition) is 2. The van der Waals surface area contributed by atoms with Crippen molar-refractivity contribution >= 4 is 27.5 Å². The van der Waals surface area contributed by atoms with Crippen LogP contribution in [0.15, 0.2) is 46.9 Å². The summed E-state index contributed by atoms with van der Waals surface area (Å²) in [6.07, 6.45) is 0.800. The first-order valence-corrected chi connectivity index (χ1v) is 7.24. The molecule has 3 N–H and O–H groups in total. The molecule has 2 aromatic rings. The van der Waals surface area contributed by atoms with Gasteiger partial charge in [-0.25, -0.2) is 0 Å². The molecular weight excluding hydrogens is 324 g/mol. The molecule has 1 atom stereocenters.